The number of sulfonamides is 1. The summed E-state index contributed by atoms with van der Waals surface area (Å²) in [6.07, 6.45) is 12.1. The first-order valence-electron chi connectivity index (χ1n) is 20.7. The number of nitro benzene ring substituents is 1. The van der Waals surface area contributed by atoms with Gasteiger partial charge in [-0.3, -0.25) is 19.8 Å². The van der Waals surface area contributed by atoms with Crippen LogP contribution in [0.2, 0.25) is 0 Å². The number of aromatic nitrogens is 2. The van der Waals surface area contributed by atoms with Crippen molar-refractivity contribution in [3.8, 4) is 21.9 Å². The van der Waals surface area contributed by atoms with Gasteiger partial charge in [0.15, 0.2) is 0 Å². The van der Waals surface area contributed by atoms with E-state index in [1.165, 1.54) is 34.3 Å². The molecule has 0 radical (unpaired) electrons. The van der Waals surface area contributed by atoms with Crippen molar-refractivity contribution < 1.29 is 27.6 Å². The lowest BCUT2D eigenvalue weighted by atomic mass is 9.88. The molecule has 2 atom stereocenters. The summed E-state index contributed by atoms with van der Waals surface area (Å²) in [5.74, 6) is -0.157. The van der Waals surface area contributed by atoms with E-state index in [4.69, 9.17) is 9.47 Å². The standard InChI is InChI=1S/C46H46N6O7S2/c53-46(50-61(56,57)36-14-16-40(42(27-36)52(54)55)48-28-30-18-22-58-23-19-30)39-15-11-32(26-43(39)59-35-25-33-17-20-47-45(33)49-29-35)31-9-12-34(13-10-31)51-21-3-7-41(51)37-5-1-2-6-38(37)44-8-4-24-60-44/h1-2,4-6,8-9,11,14-17,20,24-27,29-30,34,41,48H,3,7,10,12-13,18-19,21-23,28H2,(H,47,49)(H,50,53). The maximum absolute atomic E-state index is 13.9. The molecule has 3 aliphatic rings. The fraction of sp³-hybridized carbons (Fsp3) is 0.304. The number of H-pyrrole nitrogens is 1. The maximum Gasteiger partial charge on any atom is 0.293 e. The molecular weight excluding hydrogens is 813 g/mol. The van der Waals surface area contributed by atoms with Crippen LogP contribution < -0.4 is 14.8 Å². The van der Waals surface area contributed by atoms with Crippen molar-refractivity contribution in [2.75, 3.05) is 31.6 Å². The van der Waals surface area contributed by atoms with Gasteiger partial charge in [0, 0.05) is 54.4 Å². The van der Waals surface area contributed by atoms with Crippen LogP contribution in [0.4, 0.5) is 11.4 Å². The lowest BCUT2D eigenvalue weighted by Crippen LogP contribution is -2.36. The Morgan fingerprint density at radius 3 is 2.69 bits per heavy atom. The van der Waals surface area contributed by atoms with Crippen molar-refractivity contribution in [3.63, 3.8) is 0 Å². The summed E-state index contributed by atoms with van der Waals surface area (Å²) in [4.78, 5) is 36.4. The molecule has 2 fully saturated rings. The Balaban J connectivity index is 0.957. The third-order valence-electron chi connectivity index (χ3n) is 12.1. The Morgan fingerprint density at radius 2 is 1.89 bits per heavy atom. The van der Waals surface area contributed by atoms with Gasteiger partial charge in [-0.2, -0.15) is 0 Å². The van der Waals surface area contributed by atoms with Gasteiger partial charge in [-0.05, 0) is 128 Å². The third-order valence-corrected chi connectivity index (χ3v) is 14.3. The molecule has 6 aromatic rings. The lowest BCUT2D eigenvalue weighted by molar-refractivity contribution is -0.384. The highest BCUT2D eigenvalue weighted by atomic mass is 32.2. The SMILES string of the molecule is O=C(NS(=O)(=O)c1ccc(NCC2CCOCC2)c([N+](=O)[O-])c1)c1ccc(C2=CCC(N3CCCC3c3ccccc3-c3cccs3)CC2)cc1Oc1cnc2[nH]ccc2c1. The molecule has 3 N–H and O–H groups in total. The van der Waals surface area contributed by atoms with E-state index < -0.39 is 31.4 Å². The molecule has 2 saturated heterocycles. The number of fused-ring (bicyclic) bond motifs is 1. The Hall–Kier alpha value is -5.87. The van der Waals surface area contributed by atoms with Gasteiger partial charge in [0.25, 0.3) is 21.6 Å². The molecule has 3 aromatic carbocycles. The summed E-state index contributed by atoms with van der Waals surface area (Å²) in [6, 6.07) is 26.2. The van der Waals surface area contributed by atoms with Crippen molar-refractivity contribution in [2.24, 2.45) is 5.92 Å². The van der Waals surface area contributed by atoms with E-state index in [0.29, 0.717) is 43.2 Å². The van der Waals surface area contributed by atoms with Crippen LogP contribution in [0.15, 0.2) is 114 Å². The van der Waals surface area contributed by atoms with Gasteiger partial charge in [0.2, 0.25) is 0 Å². The molecule has 15 heteroatoms. The molecule has 2 unspecified atom stereocenters. The monoisotopic (exact) mass is 858 g/mol. The summed E-state index contributed by atoms with van der Waals surface area (Å²) in [5.41, 5.74) is 5.11. The van der Waals surface area contributed by atoms with Crippen LogP contribution in [0, 0.1) is 16.0 Å². The Bertz CT molecular complexity index is 2710. The van der Waals surface area contributed by atoms with Gasteiger partial charge < -0.3 is 19.8 Å². The Morgan fingerprint density at radius 1 is 1.02 bits per heavy atom. The van der Waals surface area contributed by atoms with Crippen LogP contribution >= 0.6 is 11.3 Å². The van der Waals surface area contributed by atoms with Crippen LogP contribution in [0.5, 0.6) is 11.5 Å². The van der Waals surface area contributed by atoms with Crippen LogP contribution in [0.25, 0.3) is 27.0 Å². The minimum absolute atomic E-state index is 0.0238. The molecule has 2 aliphatic heterocycles. The van der Waals surface area contributed by atoms with Crippen molar-refractivity contribution in [1.29, 1.82) is 0 Å². The van der Waals surface area contributed by atoms with Gasteiger partial charge in [0.1, 0.15) is 22.8 Å². The molecule has 3 aromatic heterocycles. The molecule has 1 amide bonds. The normalized spacial score (nSPS) is 18.8. The smallest absolute Gasteiger partial charge is 0.293 e. The fourth-order valence-electron chi connectivity index (χ4n) is 8.90. The number of allylic oxidation sites excluding steroid dienone is 1. The number of thiophene rings is 1. The highest BCUT2D eigenvalue weighted by Gasteiger charge is 2.34. The second-order valence-electron chi connectivity index (χ2n) is 15.8. The zero-order valence-electron chi connectivity index (χ0n) is 33.4. The second kappa shape index (κ2) is 17.6. The van der Waals surface area contributed by atoms with Crippen molar-refractivity contribution in [2.45, 2.75) is 61.9 Å². The highest BCUT2D eigenvalue weighted by Crippen LogP contribution is 2.43. The minimum atomic E-state index is -4.55. The molecule has 61 heavy (non-hydrogen) atoms. The molecule has 0 spiro atoms. The number of nitrogens with zero attached hydrogens (tertiary/aromatic N) is 3. The number of amides is 1. The molecule has 9 rings (SSSR count). The van der Waals surface area contributed by atoms with Gasteiger partial charge in [-0.25, -0.2) is 18.1 Å². The molecule has 0 saturated carbocycles. The molecular formula is C46H46N6O7S2. The van der Waals surface area contributed by atoms with Gasteiger partial charge in [-0.1, -0.05) is 42.5 Å². The second-order valence-corrected chi connectivity index (χ2v) is 18.5. The first kappa shape index (κ1) is 40.5. The summed E-state index contributed by atoms with van der Waals surface area (Å²) >= 11 is 1.77. The van der Waals surface area contributed by atoms with Crippen LogP contribution in [-0.4, -0.2) is 66.5 Å². The van der Waals surface area contributed by atoms with Gasteiger partial charge in [-0.15, -0.1) is 11.3 Å². The number of benzene rings is 3. The van der Waals surface area contributed by atoms with Gasteiger partial charge in [0.05, 0.1) is 21.6 Å². The van der Waals surface area contributed by atoms with Crippen LogP contribution in [-0.2, 0) is 14.8 Å². The molecule has 1 aliphatic carbocycles. The van der Waals surface area contributed by atoms with E-state index >= 15 is 0 Å². The van der Waals surface area contributed by atoms with Crippen LogP contribution in [0.1, 0.15) is 72.5 Å². The number of hydrogen-bond donors (Lipinski definition) is 3. The Kier molecular flexibility index (Phi) is 11.7. The van der Waals surface area contributed by atoms with E-state index in [9.17, 15) is 23.3 Å². The van der Waals surface area contributed by atoms with Crippen molar-refractivity contribution in [1.82, 2.24) is 19.6 Å². The number of hydrogen-bond acceptors (Lipinski definition) is 11. The van der Waals surface area contributed by atoms with E-state index in [0.717, 1.165) is 74.1 Å². The maximum atomic E-state index is 13.9. The molecule has 13 nitrogen and oxygen atoms in total. The molecule has 0 bridgehead atoms. The van der Waals surface area contributed by atoms with Crippen molar-refractivity contribution in [3.05, 3.63) is 136 Å². The lowest BCUT2D eigenvalue weighted by Gasteiger charge is -2.36. The number of rotatable bonds is 13. The van der Waals surface area contributed by atoms with Crippen molar-refractivity contribution >= 4 is 55.2 Å². The number of nitrogens with one attached hydrogen (secondary N) is 3. The molecule has 5 heterocycles. The number of ether oxygens (including phenoxy) is 2. The number of aromatic amines is 1. The largest absolute Gasteiger partial charge is 0.455 e. The number of carbonyl (C=O) groups is 1. The van der Waals surface area contributed by atoms with Gasteiger partial charge >= 0.3 is 0 Å². The first-order chi connectivity index (χ1) is 29.7. The summed E-state index contributed by atoms with van der Waals surface area (Å²) in [7, 11) is -4.55. The number of carbonyl (C=O) groups excluding carboxylic acids is 1. The Labute approximate surface area is 358 Å². The quantitative estimate of drug-likeness (QED) is 0.0751. The van der Waals surface area contributed by atoms with E-state index in [2.05, 4.69) is 72.8 Å². The van der Waals surface area contributed by atoms with E-state index in [1.807, 2.05) is 12.1 Å². The summed E-state index contributed by atoms with van der Waals surface area (Å²) < 4.78 is 41.2. The number of pyridine rings is 1. The topological polar surface area (TPSA) is 169 Å². The average molecular weight is 859 g/mol. The zero-order chi connectivity index (χ0) is 41.9. The average Bonchev–Trinajstić information content (AvgIpc) is 4.09. The minimum Gasteiger partial charge on any atom is -0.455 e. The summed E-state index contributed by atoms with van der Waals surface area (Å²) in [6.45, 7) is 2.79. The number of nitro groups is 1. The first-order valence-corrected chi connectivity index (χ1v) is 23.1. The fourth-order valence-corrected chi connectivity index (χ4v) is 10.7. The summed E-state index contributed by atoms with van der Waals surface area (Å²) in [5, 5.41) is 18.1. The van der Waals surface area contributed by atoms with E-state index in [-0.39, 0.29) is 22.9 Å². The predicted octanol–water partition coefficient (Wildman–Crippen LogP) is 9.72. The predicted molar refractivity (Wildman–Crippen MR) is 236 cm³/mol. The number of likely N-dealkylation sites (tertiary alicyclic amines) is 1. The van der Waals surface area contributed by atoms with Crippen LogP contribution in [0.3, 0.4) is 0 Å². The number of anilines is 1. The third kappa shape index (κ3) is 8.82. The van der Waals surface area contributed by atoms with E-state index in [1.54, 1.807) is 35.7 Å². The highest BCUT2D eigenvalue weighted by molar-refractivity contribution is 7.90. The zero-order valence-corrected chi connectivity index (χ0v) is 35.1. The molecule has 314 valence electrons.